The number of carbonyl (C=O) groups excluding carboxylic acids is 2. The molecular formula is C8H11N5O2. The molecule has 0 aliphatic carbocycles. The van der Waals surface area contributed by atoms with E-state index in [0.717, 1.165) is 12.8 Å². The predicted molar refractivity (Wildman–Crippen MR) is 50.8 cm³/mol. The van der Waals surface area contributed by atoms with Gasteiger partial charge in [0.15, 0.2) is 0 Å². The van der Waals surface area contributed by atoms with Crippen molar-refractivity contribution in [3.05, 3.63) is 6.33 Å². The number of anilines is 1. The van der Waals surface area contributed by atoms with Crippen LogP contribution >= 0.6 is 0 Å². The summed E-state index contributed by atoms with van der Waals surface area (Å²) in [6.07, 6.45) is 3.18. The highest BCUT2D eigenvalue weighted by Gasteiger charge is 2.24. The van der Waals surface area contributed by atoms with E-state index in [1.54, 1.807) is 0 Å². The summed E-state index contributed by atoms with van der Waals surface area (Å²) >= 11 is 0. The van der Waals surface area contributed by atoms with Crippen molar-refractivity contribution in [2.45, 2.75) is 12.8 Å². The second-order valence-electron chi connectivity index (χ2n) is 3.29. The molecule has 2 amide bonds. The maximum Gasteiger partial charge on any atom is 0.316 e. The summed E-state index contributed by atoms with van der Waals surface area (Å²) < 4.78 is 0. The van der Waals surface area contributed by atoms with Crippen LogP contribution < -0.4 is 5.32 Å². The monoisotopic (exact) mass is 209 g/mol. The van der Waals surface area contributed by atoms with Crippen molar-refractivity contribution in [2.24, 2.45) is 0 Å². The summed E-state index contributed by atoms with van der Waals surface area (Å²) in [4.78, 5) is 28.2. The molecule has 1 aliphatic heterocycles. The molecule has 1 aromatic rings. The van der Waals surface area contributed by atoms with Crippen LogP contribution in [0.15, 0.2) is 6.33 Å². The summed E-state index contributed by atoms with van der Waals surface area (Å²) in [7, 11) is 0. The van der Waals surface area contributed by atoms with Crippen molar-refractivity contribution in [3.8, 4) is 0 Å². The van der Waals surface area contributed by atoms with Crippen molar-refractivity contribution in [2.75, 3.05) is 18.4 Å². The number of nitrogens with one attached hydrogen (secondary N) is 2. The summed E-state index contributed by atoms with van der Waals surface area (Å²) in [5.41, 5.74) is 0. The van der Waals surface area contributed by atoms with Gasteiger partial charge in [0.2, 0.25) is 5.95 Å². The Morgan fingerprint density at radius 1 is 1.40 bits per heavy atom. The second kappa shape index (κ2) is 4.07. The number of hydrogen-bond acceptors (Lipinski definition) is 4. The third-order valence-electron chi connectivity index (χ3n) is 2.23. The van der Waals surface area contributed by atoms with Gasteiger partial charge in [-0.15, -0.1) is 0 Å². The number of aromatic amines is 1. The summed E-state index contributed by atoms with van der Waals surface area (Å²) in [6.45, 7) is 1.31. The Kier molecular flexibility index (Phi) is 2.61. The first-order chi connectivity index (χ1) is 7.27. The van der Waals surface area contributed by atoms with Gasteiger partial charge in [-0.05, 0) is 12.8 Å². The van der Waals surface area contributed by atoms with Gasteiger partial charge in [-0.2, -0.15) is 10.1 Å². The molecule has 1 fully saturated rings. The Bertz CT molecular complexity index is 355. The molecule has 1 aromatic heterocycles. The molecule has 0 spiro atoms. The Morgan fingerprint density at radius 2 is 2.13 bits per heavy atom. The maximum atomic E-state index is 11.5. The molecule has 1 aliphatic rings. The molecule has 0 unspecified atom stereocenters. The van der Waals surface area contributed by atoms with Gasteiger partial charge in [0.1, 0.15) is 6.33 Å². The summed E-state index contributed by atoms with van der Waals surface area (Å²) in [5.74, 6) is -0.995. The molecule has 2 N–H and O–H groups in total. The topological polar surface area (TPSA) is 91.0 Å². The smallest absolute Gasteiger partial charge is 0.316 e. The van der Waals surface area contributed by atoms with E-state index in [4.69, 9.17) is 0 Å². The lowest BCUT2D eigenvalue weighted by atomic mass is 10.4. The lowest BCUT2D eigenvalue weighted by molar-refractivity contribution is -0.142. The minimum Gasteiger partial charge on any atom is -0.334 e. The Balaban J connectivity index is 1.93. The molecule has 0 saturated carbocycles. The number of aromatic nitrogens is 3. The molecule has 80 valence electrons. The van der Waals surface area contributed by atoms with Gasteiger partial charge in [-0.3, -0.25) is 14.9 Å². The highest BCUT2D eigenvalue weighted by atomic mass is 16.2. The molecule has 7 nitrogen and oxygen atoms in total. The average molecular weight is 209 g/mol. The van der Waals surface area contributed by atoms with Gasteiger partial charge < -0.3 is 4.90 Å². The summed E-state index contributed by atoms with van der Waals surface area (Å²) in [5, 5.41) is 8.35. The average Bonchev–Trinajstić information content (AvgIpc) is 2.88. The number of amides is 2. The Hall–Kier alpha value is -1.92. The minimum absolute atomic E-state index is 0.188. The molecule has 1 saturated heterocycles. The minimum atomic E-state index is -0.673. The lowest BCUT2D eigenvalue weighted by Gasteiger charge is -2.13. The van der Waals surface area contributed by atoms with E-state index in [1.165, 1.54) is 11.2 Å². The van der Waals surface area contributed by atoms with Crippen LogP contribution in [0, 0.1) is 0 Å². The molecule has 7 heteroatoms. The van der Waals surface area contributed by atoms with E-state index in [-0.39, 0.29) is 5.95 Å². The normalized spacial score (nSPS) is 15.3. The molecule has 2 rings (SSSR count). The first-order valence-corrected chi connectivity index (χ1v) is 4.73. The van der Waals surface area contributed by atoms with E-state index in [0.29, 0.717) is 13.1 Å². The number of likely N-dealkylation sites (tertiary alicyclic amines) is 1. The SMILES string of the molecule is O=C(Nc1ncn[nH]1)C(=O)N1CCCC1. The van der Waals surface area contributed by atoms with Crippen molar-refractivity contribution in [3.63, 3.8) is 0 Å². The maximum absolute atomic E-state index is 11.5. The van der Waals surface area contributed by atoms with Gasteiger partial charge in [0.25, 0.3) is 0 Å². The fourth-order valence-corrected chi connectivity index (χ4v) is 1.49. The van der Waals surface area contributed by atoms with Crippen LogP contribution in [0.4, 0.5) is 5.95 Å². The van der Waals surface area contributed by atoms with E-state index in [9.17, 15) is 9.59 Å². The van der Waals surface area contributed by atoms with Crippen LogP contribution in [0.1, 0.15) is 12.8 Å². The summed E-state index contributed by atoms with van der Waals surface area (Å²) in [6, 6.07) is 0. The van der Waals surface area contributed by atoms with Gasteiger partial charge in [-0.1, -0.05) is 0 Å². The zero-order valence-electron chi connectivity index (χ0n) is 8.06. The second-order valence-corrected chi connectivity index (χ2v) is 3.29. The third-order valence-corrected chi connectivity index (χ3v) is 2.23. The molecule has 0 bridgehead atoms. The fourth-order valence-electron chi connectivity index (χ4n) is 1.49. The van der Waals surface area contributed by atoms with Crippen LogP contribution in [0.2, 0.25) is 0 Å². The Labute approximate surface area is 85.9 Å². The van der Waals surface area contributed by atoms with Crippen LogP contribution in [-0.4, -0.2) is 45.0 Å². The molecule has 15 heavy (non-hydrogen) atoms. The predicted octanol–water partition coefficient (Wildman–Crippen LogP) is -0.634. The number of rotatable bonds is 1. The van der Waals surface area contributed by atoms with Crippen LogP contribution in [-0.2, 0) is 9.59 Å². The van der Waals surface area contributed by atoms with Gasteiger partial charge in [-0.25, -0.2) is 5.10 Å². The van der Waals surface area contributed by atoms with E-state index < -0.39 is 11.8 Å². The van der Waals surface area contributed by atoms with Crippen molar-refractivity contribution in [1.29, 1.82) is 0 Å². The van der Waals surface area contributed by atoms with Gasteiger partial charge in [0.05, 0.1) is 0 Å². The molecule has 2 heterocycles. The van der Waals surface area contributed by atoms with E-state index in [2.05, 4.69) is 20.5 Å². The first kappa shape index (κ1) is 9.63. The molecule has 0 radical (unpaired) electrons. The zero-order chi connectivity index (χ0) is 10.7. The van der Waals surface area contributed by atoms with Crippen LogP contribution in [0.5, 0.6) is 0 Å². The highest BCUT2D eigenvalue weighted by Crippen LogP contribution is 2.07. The van der Waals surface area contributed by atoms with Crippen molar-refractivity contribution >= 4 is 17.8 Å². The van der Waals surface area contributed by atoms with Gasteiger partial charge in [0, 0.05) is 13.1 Å². The fraction of sp³-hybridized carbons (Fsp3) is 0.500. The third kappa shape index (κ3) is 2.12. The lowest BCUT2D eigenvalue weighted by Crippen LogP contribution is -2.37. The van der Waals surface area contributed by atoms with Crippen LogP contribution in [0.25, 0.3) is 0 Å². The highest BCUT2D eigenvalue weighted by molar-refractivity contribution is 6.39. The Morgan fingerprint density at radius 3 is 2.73 bits per heavy atom. The zero-order valence-corrected chi connectivity index (χ0v) is 8.06. The molecule has 0 aromatic carbocycles. The van der Waals surface area contributed by atoms with Gasteiger partial charge >= 0.3 is 11.8 Å². The van der Waals surface area contributed by atoms with Crippen LogP contribution in [0.3, 0.4) is 0 Å². The largest absolute Gasteiger partial charge is 0.334 e. The van der Waals surface area contributed by atoms with E-state index in [1.807, 2.05) is 0 Å². The quantitative estimate of drug-likeness (QED) is 0.602. The van der Waals surface area contributed by atoms with Crippen molar-refractivity contribution in [1.82, 2.24) is 20.1 Å². The molecule has 0 atom stereocenters. The number of H-pyrrole nitrogens is 1. The first-order valence-electron chi connectivity index (χ1n) is 4.73. The standard InChI is InChI=1S/C8H11N5O2/c14-6(11-8-9-5-10-12-8)7(15)13-3-1-2-4-13/h5H,1-4H2,(H2,9,10,11,12,14). The number of nitrogens with zero attached hydrogens (tertiary/aromatic N) is 3. The molecular weight excluding hydrogens is 198 g/mol. The number of carbonyl (C=O) groups is 2. The number of hydrogen-bond donors (Lipinski definition) is 2. The van der Waals surface area contributed by atoms with E-state index >= 15 is 0 Å². The van der Waals surface area contributed by atoms with Crippen molar-refractivity contribution < 1.29 is 9.59 Å².